The Morgan fingerprint density at radius 1 is 0.800 bits per heavy atom. The molecule has 344 valence electrons. The number of amides is 3. The molecule has 7 unspecified atom stereocenters. The predicted molar refractivity (Wildman–Crippen MR) is 237 cm³/mol. The molecule has 17 heteroatoms. The van der Waals surface area contributed by atoms with Gasteiger partial charge in [0.2, 0.25) is 11.8 Å². The van der Waals surface area contributed by atoms with Crippen LogP contribution in [-0.2, 0) is 44.7 Å². The van der Waals surface area contributed by atoms with Gasteiger partial charge >= 0.3 is 18.2 Å². The van der Waals surface area contributed by atoms with Crippen molar-refractivity contribution in [3.8, 4) is 16.9 Å². The Hall–Kier alpha value is -6.85. The number of anilines is 1. The maximum absolute atomic E-state index is 14.1. The number of alkyl carbamates (subject to hydrolysis) is 1. The maximum atomic E-state index is 14.1. The van der Waals surface area contributed by atoms with Gasteiger partial charge in [-0.2, -0.15) is 0 Å². The van der Waals surface area contributed by atoms with Gasteiger partial charge in [0, 0.05) is 36.6 Å². The summed E-state index contributed by atoms with van der Waals surface area (Å²) in [5.41, 5.74) is 4.90. The Kier molecular flexibility index (Phi) is 15.9. The molecule has 4 aromatic carbocycles. The fourth-order valence-electron chi connectivity index (χ4n) is 7.97. The molecule has 0 aromatic heterocycles. The largest absolute Gasteiger partial charge is 0.514 e. The predicted octanol–water partition coefficient (Wildman–Crippen LogP) is 7.65. The van der Waals surface area contributed by atoms with Crippen LogP contribution in [0.1, 0.15) is 70.6 Å². The maximum Gasteiger partial charge on any atom is 0.514 e. The zero-order valence-corrected chi connectivity index (χ0v) is 37.0. The molecule has 4 aromatic rings. The van der Waals surface area contributed by atoms with E-state index in [1.54, 1.807) is 38.1 Å². The van der Waals surface area contributed by atoms with Crippen molar-refractivity contribution >= 4 is 41.4 Å². The molecule has 0 saturated carbocycles. The van der Waals surface area contributed by atoms with Crippen LogP contribution in [0.25, 0.3) is 11.1 Å². The second-order valence-electron chi connectivity index (χ2n) is 16.4. The van der Waals surface area contributed by atoms with Gasteiger partial charge in [-0.25, -0.2) is 9.59 Å². The number of rotatable bonds is 17. The fraction of sp³-hybridized carbons (Fsp3) is 0.396. The number of carbonyl (C=O) groups is 5. The topological polar surface area (TPSA) is 220 Å². The highest BCUT2D eigenvalue weighted by atomic mass is 16.7. The van der Waals surface area contributed by atoms with Gasteiger partial charge in [-0.1, -0.05) is 95.3 Å². The summed E-state index contributed by atoms with van der Waals surface area (Å²) in [5, 5.41) is 19.1. The SMILES string of the molecule is CCC1OC(OCC(NC(=O)C(NC(=O)OCC2c3ccccc3-c3ccccc32)C(C)C)C(=O)Nc2ccc(COC(=O)Oc3ccc([N+](=O)[O-])cc3)cc2)C(OC(C)=O)C(C)C1C. The van der Waals surface area contributed by atoms with Gasteiger partial charge in [0.1, 0.15) is 31.0 Å². The third kappa shape index (κ3) is 12.0. The van der Waals surface area contributed by atoms with Crippen LogP contribution in [0, 0.1) is 27.9 Å². The minimum atomic E-state index is -1.35. The van der Waals surface area contributed by atoms with E-state index in [-0.39, 0.29) is 48.5 Å². The Balaban J connectivity index is 1.12. The van der Waals surface area contributed by atoms with Gasteiger partial charge in [-0.3, -0.25) is 24.5 Å². The van der Waals surface area contributed by atoms with Crippen molar-refractivity contribution in [3.05, 3.63) is 124 Å². The number of non-ortho nitro benzene ring substituents is 1. The molecule has 65 heavy (non-hydrogen) atoms. The summed E-state index contributed by atoms with van der Waals surface area (Å²) >= 11 is 0. The average molecular weight is 895 g/mol. The minimum absolute atomic E-state index is 0.0212. The van der Waals surface area contributed by atoms with E-state index in [9.17, 15) is 34.1 Å². The quantitative estimate of drug-likeness (QED) is 0.0305. The Morgan fingerprint density at radius 2 is 1.43 bits per heavy atom. The second kappa shape index (κ2) is 21.7. The number of nitrogens with zero attached hydrogens (tertiary/aromatic N) is 1. The number of esters is 1. The van der Waals surface area contributed by atoms with Crippen molar-refractivity contribution < 1.29 is 57.3 Å². The molecule has 1 aliphatic carbocycles. The van der Waals surface area contributed by atoms with E-state index in [0.717, 1.165) is 22.3 Å². The molecule has 1 aliphatic heterocycles. The summed E-state index contributed by atoms with van der Waals surface area (Å²) in [5.74, 6) is -2.61. The van der Waals surface area contributed by atoms with Crippen molar-refractivity contribution in [3.63, 3.8) is 0 Å². The molecule has 0 bridgehead atoms. The smallest absolute Gasteiger partial charge is 0.457 e. The monoisotopic (exact) mass is 894 g/mol. The van der Waals surface area contributed by atoms with Crippen molar-refractivity contribution in [2.24, 2.45) is 17.8 Å². The normalized spacial score (nSPS) is 19.7. The molecule has 1 heterocycles. The Bertz CT molecular complexity index is 2290. The Morgan fingerprint density at radius 3 is 2.02 bits per heavy atom. The molecule has 3 N–H and O–H groups in total. The highest BCUT2D eigenvalue weighted by molar-refractivity contribution is 5.98. The molecule has 1 saturated heterocycles. The highest BCUT2D eigenvalue weighted by Crippen LogP contribution is 2.44. The van der Waals surface area contributed by atoms with Crippen LogP contribution in [0.3, 0.4) is 0 Å². The second-order valence-corrected chi connectivity index (χ2v) is 16.4. The van der Waals surface area contributed by atoms with Gasteiger partial charge in [0.25, 0.3) is 5.69 Å². The molecule has 0 spiro atoms. The molecule has 6 rings (SSSR count). The molecule has 1 fully saturated rings. The summed E-state index contributed by atoms with van der Waals surface area (Å²) in [7, 11) is 0. The summed E-state index contributed by atoms with van der Waals surface area (Å²) in [6.45, 7) is 10.1. The van der Waals surface area contributed by atoms with Crippen molar-refractivity contribution in [1.29, 1.82) is 0 Å². The average Bonchev–Trinajstić information content (AvgIpc) is 3.61. The molecule has 3 amide bonds. The summed E-state index contributed by atoms with van der Waals surface area (Å²) < 4.78 is 34.1. The molecule has 17 nitrogen and oxygen atoms in total. The number of hydrogen-bond acceptors (Lipinski definition) is 13. The third-order valence-corrected chi connectivity index (χ3v) is 11.7. The van der Waals surface area contributed by atoms with Crippen LogP contribution in [0.15, 0.2) is 97.1 Å². The lowest BCUT2D eigenvalue weighted by molar-refractivity contribution is -0.384. The van der Waals surface area contributed by atoms with Crippen molar-refractivity contribution in [2.75, 3.05) is 18.5 Å². The highest BCUT2D eigenvalue weighted by Gasteiger charge is 2.44. The molecule has 2 aliphatic rings. The van der Waals surface area contributed by atoms with Crippen LogP contribution >= 0.6 is 0 Å². The first-order valence-electron chi connectivity index (χ1n) is 21.5. The van der Waals surface area contributed by atoms with Crippen LogP contribution in [0.2, 0.25) is 0 Å². The summed E-state index contributed by atoms with van der Waals surface area (Å²) in [6.07, 6.45) is -3.29. The third-order valence-electron chi connectivity index (χ3n) is 11.7. The molecular weight excluding hydrogens is 841 g/mol. The number of fused-ring (bicyclic) bond motifs is 3. The molecule has 7 atom stereocenters. The van der Waals surface area contributed by atoms with Gasteiger partial charge < -0.3 is 44.4 Å². The number of nitro benzene ring substituents is 1. The van der Waals surface area contributed by atoms with E-state index < -0.39 is 72.0 Å². The van der Waals surface area contributed by atoms with E-state index in [1.165, 1.54) is 31.2 Å². The van der Waals surface area contributed by atoms with Gasteiger partial charge in [0.05, 0.1) is 17.6 Å². The Labute approximate surface area is 376 Å². The lowest BCUT2D eigenvalue weighted by Gasteiger charge is -2.43. The lowest BCUT2D eigenvalue weighted by atomic mass is 9.82. The number of nitrogens with one attached hydrogen (secondary N) is 3. The first-order valence-corrected chi connectivity index (χ1v) is 21.5. The van der Waals surface area contributed by atoms with Crippen LogP contribution in [0.4, 0.5) is 21.0 Å². The number of hydrogen-bond donors (Lipinski definition) is 3. The summed E-state index contributed by atoms with van der Waals surface area (Å²) in [6, 6.07) is 24.6. The standard InChI is InChI=1S/C48H54N4O13/c1-7-41-28(4)29(5)43(63-30(6)53)46(65-41)60-26-40(44(54)49-32-18-16-31(17-19-32)24-62-48(57)64-34-22-20-33(21-23-34)52(58)59)50-45(55)42(27(2)3)51-47(56)61-25-39-37-14-10-8-12-35(37)36-13-9-11-15-38(36)39/h8-23,27-29,39-43,46H,7,24-26H2,1-6H3,(H,49,54)(H,50,55)(H,51,56). The minimum Gasteiger partial charge on any atom is -0.457 e. The lowest BCUT2D eigenvalue weighted by Crippen LogP contribution is -2.57. The first kappa shape index (κ1) is 47.6. The van der Waals surface area contributed by atoms with Crippen LogP contribution in [0.5, 0.6) is 5.75 Å². The van der Waals surface area contributed by atoms with E-state index >= 15 is 0 Å². The first-order chi connectivity index (χ1) is 31.1. The number of benzene rings is 4. The van der Waals surface area contributed by atoms with Gasteiger partial charge in [-0.05, 0) is 70.3 Å². The number of nitro groups is 1. The zero-order valence-electron chi connectivity index (χ0n) is 37.0. The van der Waals surface area contributed by atoms with E-state index in [2.05, 4.69) is 16.0 Å². The zero-order chi connectivity index (χ0) is 46.8. The van der Waals surface area contributed by atoms with E-state index in [0.29, 0.717) is 17.7 Å². The van der Waals surface area contributed by atoms with E-state index in [4.69, 9.17) is 28.4 Å². The fourth-order valence-corrected chi connectivity index (χ4v) is 7.97. The van der Waals surface area contributed by atoms with Gasteiger partial charge in [-0.15, -0.1) is 0 Å². The van der Waals surface area contributed by atoms with E-state index in [1.807, 2.05) is 69.3 Å². The molecule has 0 radical (unpaired) electrons. The van der Waals surface area contributed by atoms with Crippen molar-refractivity contribution in [1.82, 2.24) is 10.6 Å². The molecular formula is C48H54N4O13. The number of ether oxygens (including phenoxy) is 6. The van der Waals surface area contributed by atoms with Crippen LogP contribution in [-0.4, -0.2) is 78.8 Å². The van der Waals surface area contributed by atoms with Crippen LogP contribution < -0.4 is 20.7 Å². The number of carbonyl (C=O) groups excluding carboxylic acids is 5. The van der Waals surface area contributed by atoms with Crippen molar-refractivity contribution in [2.45, 2.75) is 91.1 Å². The summed E-state index contributed by atoms with van der Waals surface area (Å²) in [4.78, 5) is 76.2. The van der Waals surface area contributed by atoms with Gasteiger partial charge in [0.15, 0.2) is 12.4 Å².